The van der Waals surface area contributed by atoms with Gasteiger partial charge in [0.2, 0.25) is 5.91 Å². The molecule has 1 saturated carbocycles. The van der Waals surface area contributed by atoms with Crippen LogP contribution in [-0.2, 0) is 15.0 Å². The van der Waals surface area contributed by atoms with Crippen LogP contribution in [0.5, 0.6) is 0 Å². The van der Waals surface area contributed by atoms with Gasteiger partial charge in [-0.05, 0) is 42.2 Å². The van der Waals surface area contributed by atoms with Gasteiger partial charge in [0.25, 0.3) is 0 Å². The summed E-state index contributed by atoms with van der Waals surface area (Å²) in [6, 6.07) is 9.37. The zero-order valence-corrected chi connectivity index (χ0v) is 17.7. The molecule has 2 aliphatic heterocycles. The summed E-state index contributed by atoms with van der Waals surface area (Å²) in [4.78, 5) is 26.1. The molecular formula is C23H21Cl2FN2O2. The summed E-state index contributed by atoms with van der Waals surface area (Å²) in [5, 5.41) is 6.97. The van der Waals surface area contributed by atoms with E-state index in [2.05, 4.69) is 10.6 Å². The van der Waals surface area contributed by atoms with Crippen molar-refractivity contribution in [1.29, 1.82) is 0 Å². The van der Waals surface area contributed by atoms with Gasteiger partial charge in [0.1, 0.15) is 17.5 Å². The Balaban J connectivity index is 1.84. The van der Waals surface area contributed by atoms with Crippen molar-refractivity contribution in [3.63, 3.8) is 0 Å². The van der Waals surface area contributed by atoms with Gasteiger partial charge in [-0.15, -0.1) is 0 Å². The van der Waals surface area contributed by atoms with Crippen molar-refractivity contribution >= 4 is 41.1 Å². The van der Waals surface area contributed by atoms with Crippen molar-refractivity contribution in [3.8, 4) is 0 Å². The number of fused-ring (bicyclic) bond motifs is 3. The molecule has 2 heterocycles. The fourth-order valence-corrected chi connectivity index (χ4v) is 6.52. The van der Waals surface area contributed by atoms with Crippen LogP contribution in [0, 0.1) is 5.82 Å². The van der Waals surface area contributed by atoms with Gasteiger partial charge >= 0.3 is 0 Å². The monoisotopic (exact) mass is 446 g/mol. The summed E-state index contributed by atoms with van der Waals surface area (Å²) < 4.78 is 15.3. The van der Waals surface area contributed by atoms with E-state index in [1.165, 1.54) is 6.07 Å². The van der Waals surface area contributed by atoms with Gasteiger partial charge < -0.3 is 15.4 Å². The minimum absolute atomic E-state index is 0.0216. The minimum atomic E-state index is -1.13. The molecule has 2 spiro atoms. The number of benzene rings is 2. The second-order valence-corrected chi connectivity index (χ2v) is 9.37. The maximum atomic E-state index is 15.3. The number of hydrogen-bond acceptors (Lipinski definition) is 3. The molecule has 2 N–H and O–H groups in total. The van der Waals surface area contributed by atoms with E-state index in [1.54, 1.807) is 24.3 Å². The fourth-order valence-electron chi connectivity index (χ4n) is 6.17. The topological polar surface area (TPSA) is 58.2 Å². The van der Waals surface area contributed by atoms with E-state index in [1.807, 2.05) is 6.07 Å². The van der Waals surface area contributed by atoms with Crippen LogP contribution in [-0.4, -0.2) is 23.8 Å². The first-order chi connectivity index (χ1) is 14.4. The van der Waals surface area contributed by atoms with Gasteiger partial charge in [0, 0.05) is 22.2 Å². The third-order valence-corrected chi connectivity index (χ3v) is 7.73. The smallest absolute Gasteiger partial charge is 0.237 e. The van der Waals surface area contributed by atoms with Gasteiger partial charge in [0.15, 0.2) is 0 Å². The molecule has 156 valence electrons. The molecule has 3 aliphatic rings. The van der Waals surface area contributed by atoms with E-state index in [0.717, 1.165) is 44.0 Å². The second-order valence-electron chi connectivity index (χ2n) is 8.52. The van der Waals surface area contributed by atoms with Gasteiger partial charge in [-0.1, -0.05) is 60.7 Å². The molecule has 5 rings (SSSR count). The number of carbonyl (C=O) groups is 2. The zero-order valence-electron chi connectivity index (χ0n) is 16.2. The van der Waals surface area contributed by atoms with Crippen LogP contribution in [0.2, 0.25) is 10.0 Å². The Morgan fingerprint density at radius 3 is 2.60 bits per heavy atom. The number of hydrogen-bond donors (Lipinski definition) is 2. The average Bonchev–Trinajstić information content (AvgIpc) is 3.18. The number of aldehydes is 1. The van der Waals surface area contributed by atoms with Crippen LogP contribution in [0.25, 0.3) is 0 Å². The first-order valence-corrected chi connectivity index (χ1v) is 11.0. The summed E-state index contributed by atoms with van der Waals surface area (Å²) in [5.74, 6) is -1.53. The Morgan fingerprint density at radius 1 is 1.10 bits per heavy atom. The normalized spacial score (nSPS) is 29.2. The van der Waals surface area contributed by atoms with Crippen LogP contribution in [0.15, 0.2) is 36.4 Å². The van der Waals surface area contributed by atoms with Gasteiger partial charge in [-0.25, -0.2) is 4.39 Å². The Hall–Kier alpha value is -1.95. The first-order valence-electron chi connectivity index (χ1n) is 10.2. The highest BCUT2D eigenvalue weighted by atomic mass is 35.5. The number of amides is 1. The highest BCUT2D eigenvalue weighted by Gasteiger charge is 2.71. The number of anilines is 1. The van der Waals surface area contributed by atoms with E-state index in [-0.39, 0.29) is 16.5 Å². The van der Waals surface area contributed by atoms with Crippen LogP contribution in [0.1, 0.15) is 49.1 Å². The molecule has 2 aromatic rings. The van der Waals surface area contributed by atoms with Crippen LogP contribution < -0.4 is 10.6 Å². The summed E-state index contributed by atoms with van der Waals surface area (Å²) >= 11 is 12.3. The van der Waals surface area contributed by atoms with E-state index in [9.17, 15) is 9.59 Å². The molecule has 7 heteroatoms. The minimum Gasteiger partial charge on any atom is -0.325 e. The van der Waals surface area contributed by atoms with E-state index in [0.29, 0.717) is 10.7 Å². The Kier molecular flexibility index (Phi) is 4.69. The van der Waals surface area contributed by atoms with E-state index >= 15 is 4.39 Å². The van der Waals surface area contributed by atoms with Crippen molar-refractivity contribution in [2.24, 2.45) is 0 Å². The molecule has 2 fully saturated rings. The highest BCUT2D eigenvalue weighted by molar-refractivity contribution is 6.31. The van der Waals surface area contributed by atoms with Crippen molar-refractivity contribution in [1.82, 2.24) is 5.32 Å². The number of rotatable bonds is 2. The fraction of sp³-hybridized carbons (Fsp3) is 0.391. The summed E-state index contributed by atoms with van der Waals surface area (Å²) in [6.07, 6.45) is 5.19. The Morgan fingerprint density at radius 2 is 1.87 bits per heavy atom. The molecule has 1 unspecified atom stereocenters. The summed E-state index contributed by atoms with van der Waals surface area (Å²) in [6.45, 7) is 0. The number of nitrogens with one attached hydrogen (secondary N) is 2. The predicted octanol–water partition coefficient (Wildman–Crippen LogP) is 4.98. The molecule has 0 radical (unpaired) electrons. The maximum absolute atomic E-state index is 15.3. The zero-order chi connectivity index (χ0) is 21.1. The Labute approximate surface area is 184 Å². The van der Waals surface area contributed by atoms with Crippen molar-refractivity contribution in [2.45, 2.75) is 55.0 Å². The molecule has 4 nitrogen and oxygen atoms in total. The second kappa shape index (κ2) is 7.04. The molecule has 1 saturated heterocycles. The van der Waals surface area contributed by atoms with Gasteiger partial charge in [-0.2, -0.15) is 0 Å². The van der Waals surface area contributed by atoms with Gasteiger partial charge in [0.05, 0.1) is 11.1 Å². The quantitative estimate of drug-likeness (QED) is 0.639. The molecule has 1 aliphatic carbocycles. The standard InChI is InChI=1S/C23H21Cl2FN2O2/c24-13-7-8-15-17(11-13)27-21(30)23(15)19(14-5-4-6-16(25)20(14)26)18(12-29)28-22(23)9-2-1-3-10-22/h4-8,11-12,18-19,28H,1-3,9-10H2,(H,27,30)/t18-,19?,23+/m0/s1. The lowest BCUT2D eigenvalue weighted by Gasteiger charge is -2.47. The molecule has 0 bridgehead atoms. The van der Waals surface area contributed by atoms with Crippen LogP contribution in [0.4, 0.5) is 10.1 Å². The van der Waals surface area contributed by atoms with E-state index < -0.39 is 28.7 Å². The average molecular weight is 447 g/mol. The first kappa shape index (κ1) is 20.0. The summed E-state index contributed by atoms with van der Waals surface area (Å²) in [7, 11) is 0. The van der Waals surface area contributed by atoms with Crippen LogP contribution in [0.3, 0.4) is 0 Å². The lowest BCUT2D eigenvalue weighted by atomic mass is 9.55. The maximum Gasteiger partial charge on any atom is 0.237 e. The molecule has 1 amide bonds. The third-order valence-electron chi connectivity index (χ3n) is 7.21. The molecule has 0 aromatic heterocycles. The summed E-state index contributed by atoms with van der Waals surface area (Å²) in [5.41, 5.74) is -0.116. The molecule has 30 heavy (non-hydrogen) atoms. The van der Waals surface area contributed by atoms with Crippen molar-refractivity contribution < 1.29 is 14.0 Å². The number of carbonyl (C=O) groups excluding carboxylic acids is 2. The van der Waals surface area contributed by atoms with Crippen molar-refractivity contribution in [2.75, 3.05) is 5.32 Å². The van der Waals surface area contributed by atoms with Crippen molar-refractivity contribution in [3.05, 3.63) is 63.4 Å². The third kappa shape index (κ3) is 2.49. The van der Waals surface area contributed by atoms with Gasteiger partial charge in [-0.3, -0.25) is 4.79 Å². The Bertz CT molecular complexity index is 1050. The predicted molar refractivity (Wildman–Crippen MR) is 115 cm³/mol. The lowest BCUT2D eigenvalue weighted by Crippen LogP contribution is -2.60. The number of halogens is 3. The largest absolute Gasteiger partial charge is 0.325 e. The van der Waals surface area contributed by atoms with E-state index in [4.69, 9.17) is 23.2 Å². The highest BCUT2D eigenvalue weighted by Crippen LogP contribution is 2.62. The van der Waals surface area contributed by atoms with Crippen LogP contribution >= 0.6 is 23.2 Å². The molecule has 3 atom stereocenters. The SMILES string of the molecule is O=C[C@@H]1NC2(CCCCC2)[C@@]2(C(=O)Nc3cc(Cl)ccc32)C1c1cccc(Cl)c1F. The molecular weight excluding hydrogens is 426 g/mol. The molecule has 2 aromatic carbocycles. The lowest BCUT2D eigenvalue weighted by molar-refractivity contribution is -0.124.